The number of hydrogen-bond donors (Lipinski definition) is 1. The van der Waals surface area contributed by atoms with E-state index in [1.165, 1.54) is 47.9 Å². The second kappa shape index (κ2) is 8.49. The number of hydrogen-bond acceptors (Lipinski definition) is 7. The number of non-ortho nitro benzene ring substituents is 1. The molecule has 0 fully saturated rings. The molecule has 33 heavy (non-hydrogen) atoms. The number of rotatable bonds is 6. The summed E-state index contributed by atoms with van der Waals surface area (Å²) in [5.41, 5.74) is -0.666. The van der Waals surface area contributed by atoms with Crippen molar-refractivity contribution in [1.29, 1.82) is 0 Å². The molecule has 14 heteroatoms. The van der Waals surface area contributed by atoms with Gasteiger partial charge in [-0.05, 0) is 18.2 Å². The van der Waals surface area contributed by atoms with Gasteiger partial charge in [0.2, 0.25) is 5.91 Å². The predicted molar refractivity (Wildman–Crippen MR) is 107 cm³/mol. The Labute approximate surface area is 182 Å². The molecule has 0 bridgehead atoms. The summed E-state index contributed by atoms with van der Waals surface area (Å²) in [6.45, 7) is -0.366. The Bertz CT molecular complexity index is 1320. The number of amides is 1. The van der Waals surface area contributed by atoms with Crippen molar-refractivity contribution in [3.05, 3.63) is 77.1 Å². The van der Waals surface area contributed by atoms with E-state index in [1.54, 1.807) is 6.07 Å². The van der Waals surface area contributed by atoms with Crippen LogP contribution in [0.5, 0.6) is 0 Å². The molecule has 0 unspecified atom stereocenters. The van der Waals surface area contributed by atoms with E-state index in [4.69, 9.17) is 0 Å². The van der Waals surface area contributed by atoms with E-state index in [2.05, 4.69) is 25.5 Å². The molecule has 11 nitrogen and oxygen atoms in total. The normalized spacial score (nSPS) is 11.4. The first-order valence-electron chi connectivity index (χ1n) is 9.21. The van der Waals surface area contributed by atoms with Crippen LogP contribution in [0.15, 0.2) is 61.4 Å². The van der Waals surface area contributed by atoms with Crippen molar-refractivity contribution in [2.24, 2.45) is 0 Å². The smallest absolute Gasteiger partial charge is 0.323 e. The minimum atomic E-state index is -4.61. The van der Waals surface area contributed by atoms with Crippen molar-refractivity contribution >= 4 is 17.3 Å². The zero-order valence-corrected chi connectivity index (χ0v) is 16.5. The van der Waals surface area contributed by atoms with Crippen LogP contribution < -0.4 is 5.32 Å². The first-order valence-corrected chi connectivity index (χ1v) is 9.21. The number of benzene rings is 2. The van der Waals surface area contributed by atoms with Gasteiger partial charge in [0, 0.05) is 17.7 Å². The number of carbonyl (C=O) groups excluding carboxylic acids is 1. The first-order chi connectivity index (χ1) is 15.7. The third-order valence-electron chi connectivity index (χ3n) is 4.42. The summed E-state index contributed by atoms with van der Waals surface area (Å²) in [5.74, 6) is -0.528. The SMILES string of the molecule is O=C(Cn1cnc(-c2cccc([N+](=O)[O-])c2)n1)Nc1cc(C(F)(F)F)ccc1-n1cncn1. The van der Waals surface area contributed by atoms with Gasteiger partial charge in [-0.1, -0.05) is 12.1 Å². The number of anilines is 1. The number of alkyl halides is 3. The van der Waals surface area contributed by atoms with Crippen LogP contribution in [-0.2, 0) is 17.5 Å². The molecule has 0 aliphatic heterocycles. The summed E-state index contributed by atoms with van der Waals surface area (Å²) >= 11 is 0. The van der Waals surface area contributed by atoms with E-state index in [0.717, 1.165) is 16.8 Å². The molecular formula is C19H13F3N8O3. The summed E-state index contributed by atoms with van der Waals surface area (Å²) in [6, 6.07) is 8.48. The molecule has 168 valence electrons. The zero-order chi connectivity index (χ0) is 23.6. The van der Waals surface area contributed by atoms with Gasteiger partial charge in [0.05, 0.1) is 21.9 Å². The molecular weight excluding hydrogens is 445 g/mol. The lowest BCUT2D eigenvalue weighted by Gasteiger charge is -2.14. The van der Waals surface area contributed by atoms with E-state index < -0.39 is 22.6 Å². The third kappa shape index (κ3) is 4.84. The van der Waals surface area contributed by atoms with Gasteiger partial charge in [0.1, 0.15) is 25.5 Å². The molecule has 0 saturated carbocycles. The standard InChI is InChI=1S/C19H13F3N8O3/c20-19(21,22)13-4-5-16(29-10-23-9-25-29)15(7-13)26-17(31)8-28-11-24-18(27-28)12-2-1-3-14(6-12)30(32)33/h1-7,9-11H,8H2,(H,26,31). The third-order valence-corrected chi connectivity index (χ3v) is 4.42. The molecule has 2 aromatic heterocycles. The Morgan fingerprint density at radius 1 is 1.15 bits per heavy atom. The van der Waals surface area contributed by atoms with Crippen LogP contribution in [0.25, 0.3) is 17.1 Å². The predicted octanol–water partition coefficient (Wildman–Crippen LogP) is 3.09. The molecule has 0 saturated heterocycles. The van der Waals surface area contributed by atoms with Gasteiger partial charge in [-0.2, -0.15) is 23.4 Å². The monoisotopic (exact) mass is 458 g/mol. The largest absolute Gasteiger partial charge is 0.416 e. The van der Waals surface area contributed by atoms with Crippen LogP contribution in [0.4, 0.5) is 24.5 Å². The fourth-order valence-corrected chi connectivity index (χ4v) is 2.94. The van der Waals surface area contributed by atoms with Crippen molar-refractivity contribution in [2.45, 2.75) is 12.7 Å². The molecule has 2 heterocycles. The average Bonchev–Trinajstić information content (AvgIpc) is 3.45. The van der Waals surface area contributed by atoms with Crippen molar-refractivity contribution in [3.63, 3.8) is 0 Å². The quantitative estimate of drug-likeness (QED) is 0.347. The maximum absolute atomic E-state index is 13.2. The van der Waals surface area contributed by atoms with Crippen molar-refractivity contribution in [3.8, 4) is 17.1 Å². The highest BCUT2D eigenvalue weighted by atomic mass is 19.4. The van der Waals surface area contributed by atoms with Crippen molar-refractivity contribution in [2.75, 3.05) is 5.32 Å². The van der Waals surface area contributed by atoms with E-state index in [1.807, 2.05) is 0 Å². The molecule has 0 spiro atoms. The van der Waals surface area contributed by atoms with Gasteiger partial charge >= 0.3 is 6.18 Å². The molecule has 0 radical (unpaired) electrons. The van der Waals surface area contributed by atoms with Gasteiger partial charge in [-0.25, -0.2) is 19.3 Å². The Hall–Kier alpha value is -4.62. The number of carbonyl (C=O) groups is 1. The fourth-order valence-electron chi connectivity index (χ4n) is 2.94. The van der Waals surface area contributed by atoms with Crippen LogP contribution in [0.2, 0.25) is 0 Å². The molecule has 0 aliphatic rings. The molecule has 1 N–H and O–H groups in total. The van der Waals surface area contributed by atoms with Crippen LogP contribution in [0.3, 0.4) is 0 Å². The number of halogens is 3. The molecule has 2 aromatic carbocycles. The number of nitrogens with zero attached hydrogens (tertiary/aromatic N) is 7. The summed E-state index contributed by atoms with van der Waals surface area (Å²) in [7, 11) is 0. The van der Waals surface area contributed by atoms with Crippen LogP contribution >= 0.6 is 0 Å². The molecule has 0 atom stereocenters. The fraction of sp³-hybridized carbons (Fsp3) is 0.105. The van der Waals surface area contributed by atoms with Gasteiger partial charge in [0.15, 0.2) is 5.82 Å². The van der Waals surface area contributed by atoms with E-state index in [9.17, 15) is 28.1 Å². The summed E-state index contributed by atoms with van der Waals surface area (Å²) in [4.78, 5) is 30.7. The molecule has 4 aromatic rings. The Kier molecular flexibility index (Phi) is 5.56. The lowest BCUT2D eigenvalue weighted by molar-refractivity contribution is -0.384. The van der Waals surface area contributed by atoms with E-state index in [-0.39, 0.29) is 29.4 Å². The lowest BCUT2D eigenvalue weighted by Crippen LogP contribution is -2.21. The number of nitro benzene ring substituents is 1. The Morgan fingerprint density at radius 3 is 2.67 bits per heavy atom. The number of nitrogens with one attached hydrogen (secondary N) is 1. The first kappa shape index (κ1) is 21.6. The zero-order valence-electron chi connectivity index (χ0n) is 16.5. The summed E-state index contributed by atoms with van der Waals surface area (Å²) < 4.78 is 41.8. The maximum atomic E-state index is 13.2. The molecule has 4 rings (SSSR count). The highest BCUT2D eigenvalue weighted by Gasteiger charge is 2.31. The minimum Gasteiger partial charge on any atom is -0.323 e. The van der Waals surface area contributed by atoms with Crippen LogP contribution in [0.1, 0.15) is 5.56 Å². The van der Waals surface area contributed by atoms with Crippen molar-refractivity contribution < 1.29 is 22.9 Å². The average molecular weight is 458 g/mol. The highest BCUT2D eigenvalue weighted by Crippen LogP contribution is 2.33. The maximum Gasteiger partial charge on any atom is 0.416 e. The van der Waals surface area contributed by atoms with Crippen LogP contribution in [0, 0.1) is 10.1 Å². The Balaban J connectivity index is 1.55. The van der Waals surface area contributed by atoms with E-state index >= 15 is 0 Å². The summed E-state index contributed by atoms with van der Waals surface area (Å²) in [6.07, 6.45) is -0.896. The second-order valence-corrected chi connectivity index (χ2v) is 6.69. The van der Waals surface area contributed by atoms with Crippen LogP contribution in [-0.4, -0.2) is 40.4 Å². The number of aromatic nitrogens is 6. The topological polar surface area (TPSA) is 134 Å². The molecule has 1 amide bonds. The second-order valence-electron chi connectivity index (χ2n) is 6.69. The van der Waals surface area contributed by atoms with Gasteiger partial charge in [0.25, 0.3) is 5.69 Å². The number of nitro groups is 1. The van der Waals surface area contributed by atoms with E-state index in [0.29, 0.717) is 5.56 Å². The minimum absolute atomic E-state index is 0.126. The van der Waals surface area contributed by atoms with Crippen molar-refractivity contribution in [1.82, 2.24) is 29.5 Å². The molecule has 0 aliphatic carbocycles. The van der Waals surface area contributed by atoms with Gasteiger partial charge < -0.3 is 5.32 Å². The highest BCUT2D eigenvalue weighted by molar-refractivity contribution is 5.92. The van der Waals surface area contributed by atoms with Gasteiger partial charge in [-0.3, -0.25) is 14.9 Å². The summed E-state index contributed by atoms with van der Waals surface area (Å²) in [5, 5.41) is 21.4. The van der Waals surface area contributed by atoms with Gasteiger partial charge in [-0.15, -0.1) is 0 Å². The lowest BCUT2D eigenvalue weighted by atomic mass is 10.1. The Morgan fingerprint density at radius 2 is 1.97 bits per heavy atom.